The quantitative estimate of drug-likeness (QED) is 0.709. The molecule has 1 aliphatic rings. The van der Waals surface area contributed by atoms with Gasteiger partial charge >= 0.3 is 6.03 Å². The van der Waals surface area contributed by atoms with Crippen molar-refractivity contribution in [3.05, 3.63) is 35.9 Å². The predicted octanol–water partition coefficient (Wildman–Crippen LogP) is -0.385. The van der Waals surface area contributed by atoms with E-state index in [9.17, 15) is 9.59 Å². The topological polar surface area (TPSA) is 85.9 Å². The molecule has 1 unspecified atom stereocenters. The summed E-state index contributed by atoms with van der Waals surface area (Å²) >= 11 is 0. The number of hydrogen-bond donors (Lipinski definition) is 3. The van der Waals surface area contributed by atoms with Gasteiger partial charge in [-0.05, 0) is 13.8 Å². The zero-order valence-corrected chi connectivity index (χ0v) is 12.3. The summed E-state index contributed by atoms with van der Waals surface area (Å²) in [5.41, 5.74) is 5.96. The molecule has 3 amide bonds. The van der Waals surface area contributed by atoms with Gasteiger partial charge in [0, 0.05) is 5.56 Å². The number of nitrogens with two attached hydrogens (primary N) is 1. The van der Waals surface area contributed by atoms with Crippen molar-refractivity contribution in [2.24, 2.45) is 5.73 Å². The average molecular weight is 292 g/mol. The van der Waals surface area contributed by atoms with E-state index in [1.165, 1.54) is 0 Å². The van der Waals surface area contributed by atoms with Gasteiger partial charge in [-0.1, -0.05) is 30.3 Å². The molecule has 6 heteroatoms. The van der Waals surface area contributed by atoms with Gasteiger partial charge in [-0.3, -0.25) is 10.1 Å². The van der Waals surface area contributed by atoms with Gasteiger partial charge in [-0.2, -0.15) is 0 Å². The summed E-state index contributed by atoms with van der Waals surface area (Å²) in [6.07, 6.45) is 0.132. The Morgan fingerprint density at radius 3 is 2.33 bits per heavy atom. The first-order valence-corrected chi connectivity index (χ1v) is 7.12. The molecule has 114 valence electrons. The molecule has 1 aliphatic heterocycles. The fourth-order valence-electron chi connectivity index (χ4n) is 2.96. The van der Waals surface area contributed by atoms with Crippen LogP contribution in [0.3, 0.4) is 0 Å². The van der Waals surface area contributed by atoms with Gasteiger partial charge in [0.05, 0.1) is 0 Å². The molecule has 21 heavy (non-hydrogen) atoms. The van der Waals surface area contributed by atoms with Gasteiger partial charge in [-0.15, -0.1) is 0 Å². The minimum absolute atomic E-state index is 0.0661. The lowest BCUT2D eigenvalue weighted by atomic mass is 10.0. The fraction of sp³-hybridized carbons (Fsp3) is 0.467. The first-order valence-electron chi connectivity index (χ1n) is 7.12. The second-order valence-electron chi connectivity index (χ2n) is 5.52. The fourth-order valence-corrected chi connectivity index (χ4v) is 2.96. The number of ether oxygens (including phenoxy) is 1. The zero-order chi connectivity index (χ0) is 15.4. The van der Waals surface area contributed by atoms with Crippen molar-refractivity contribution in [1.82, 2.24) is 5.32 Å². The molecule has 0 spiro atoms. The number of rotatable bonds is 3. The third-order valence-electron chi connectivity index (χ3n) is 3.61. The van der Waals surface area contributed by atoms with Gasteiger partial charge in [0.25, 0.3) is 5.91 Å². The van der Waals surface area contributed by atoms with Crippen LogP contribution >= 0.6 is 0 Å². The molecule has 1 fully saturated rings. The molecule has 1 aromatic rings. The van der Waals surface area contributed by atoms with E-state index in [0.29, 0.717) is 13.1 Å². The van der Waals surface area contributed by atoms with Crippen LogP contribution in [-0.2, 0) is 9.53 Å². The number of morpholine rings is 1. The van der Waals surface area contributed by atoms with Crippen LogP contribution in [0.15, 0.2) is 30.3 Å². The number of amides is 3. The Balaban J connectivity index is 2.27. The van der Waals surface area contributed by atoms with Crippen LogP contribution in [0.4, 0.5) is 4.79 Å². The number of carbonyl (C=O) groups excluding carboxylic acids is 2. The molecule has 0 radical (unpaired) electrons. The molecule has 0 aliphatic carbocycles. The van der Waals surface area contributed by atoms with Gasteiger partial charge < -0.3 is 15.4 Å². The minimum atomic E-state index is -0.824. The highest BCUT2D eigenvalue weighted by Crippen LogP contribution is 2.12. The zero-order valence-electron chi connectivity index (χ0n) is 12.3. The Bertz CT molecular complexity index is 496. The van der Waals surface area contributed by atoms with Crippen molar-refractivity contribution in [2.75, 3.05) is 13.1 Å². The first-order chi connectivity index (χ1) is 9.97. The first kappa shape index (κ1) is 15.5. The molecule has 0 bridgehead atoms. The number of primary amides is 1. The molecule has 1 aromatic carbocycles. The van der Waals surface area contributed by atoms with Crippen molar-refractivity contribution in [2.45, 2.75) is 32.1 Å². The van der Waals surface area contributed by atoms with E-state index in [-0.39, 0.29) is 18.1 Å². The highest BCUT2D eigenvalue weighted by molar-refractivity contribution is 5.96. The summed E-state index contributed by atoms with van der Waals surface area (Å²) in [6, 6.07) is 8.15. The van der Waals surface area contributed by atoms with Crippen molar-refractivity contribution in [1.29, 1.82) is 0 Å². The van der Waals surface area contributed by atoms with Crippen LogP contribution in [0, 0.1) is 0 Å². The van der Waals surface area contributed by atoms with Gasteiger partial charge in [-0.25, -0.2) is 4.79 Å². The second-order valence-corrected chi connectivity index (χ2v) is 5.52. The number of urea groups is 1. The van der Waals surface area contributed by atoms with Crippen LogP contribution in [-0.4, -0.2) is 37.2 Å². The lowest BCUT2D eigenvalue weighted by Crippen LogP contribution is -3.16. The Kier molecular flexibility index (Phi) is 4.93. The van der Waals surface area contributed by atoms with Crippen molar-refractivity contribution >= 4 is 11.9 Å². The highest BCUT2D eigenvalue weighted by atomic mass is 16.5. The molecule has 0 saturated carbocycles. The summed E-state index contributed by atoms with van der Waals surface area (Å²) in [5.74, 6) is -0.370. The van der Waals surface area contributed by atoms with Crippen molar-refractivity contribution in [3.8, 4) is 0 Å². The maximum absolute atomic E-state index is 12.4. The van der Waals surface area contributed by atoms with E-state index < -0.39 is 12.1 Å². The largest absolute Gasteiger partial charge is 0.364 e. The Hall–Kier alpha value is -1.92. The van der Waals surface area contributed by atoms with Crippen LogP contribution in [0.2, 0.25) is 0 Å². The van der Waals surface area contributed by atoms with E-state index in [1.54, 1.807) is 0 Å². The number of benzene rings is 1. The van der Waals surface area contributed by atoms with Gasteiger partial charge in [0.2, 0.25) is 0 Å². The van der Waals surface area contributed by atoms with Crippen LogP contribution in [0.25, 0.3) is 0 Å². The molecule has 1 saturated heterocycles. The molecule has 0 aromatic heterocycles. The Morgan fingerprint density at radius 1 is 1.24 bits per heavy atom. The lowest BCUT2D eigenvalue weighted by Gasteiger charge is -2.36. The van der Waals surface area contributed by atoms with E-state index in [2.05, 4.69) is 5.32 Å². The molecule has 2 rings (SSSR count). The predicted molar refractivity (Wildman–Crippen MR) is 77.6 cm³/mol. The van der Waals surface area contributed by atoms with Crippen LogP contribution in [0.1, 0.15) is 25.5 Å². The van der Waals surface area contributed by atoms with E-state index in [4.69, 9.17) is 10.5 Å². The summed E-state index contributed by atoms with van der Waals surface area (Å²) < 4.78 is 5.72. The molecule has 4 N–H and O–H groups in total. The monoisotopic (exact) mass is 292 g/mol. The third-order valence-corrected chi connectivity index (χ3v) is 3.61. The summed E-state index contributed by atoms with van der Waals surface area (Å²) in [7, 11) is 0. The minimum Gasteiger partial charge on any atom is -0.364 e. The summed E-state index contributed by atoms with van der Waals surface area (Å²) in [6.45, 7) is 5.39. The molecule has 1 heterocycles. The SMILES string of the molecule is C[C@@H]1C[NH+]([C@H](C(=O)NC(N)=O)c2ccccc2)C[C@H](C)O1. The van der Waals surface area contributed by atoms with Crippen LogP contribution < -0.4 is 16.0 Å². The smallest absolute Gasteiger partial charge is 0.319 e. The number of imide groups is 1. The summed E-state index contributed by atoms with van der Waals surface area (Å²) in [5, 5.41) is 2.21. The van der Waals surface area contributed by atoms with Crippen molar-refractivity contribution in [3.63, 3.8) is 0 Å². The second kappa shape index (κ2) is 6.69. The van der Waals surface area contributed by atoms with Crippen molar-refractivity contribution < 1.29 is 19.2 Å². The van der Waals surface area contributed by atoms with Gasteiger partial charge in [0.1, 0.15) is 25.3 Å². The number of carbonyl (C=O) groups is 2. The standard InChI is InChI=1S/C15H21N3O3/c1-10-8-18(9-11(2)21-10)13(14(19)17-15(16)20)12-6-4-3-5-7-12/h3-7,10-11,13H,8-9H2,1-2H3,(H3,16,17,19,20)/p+1/t10-,11+,13-/m0/s1. The normalized spacial score (nSPS) is 26.9. The molecular weight excluding hydrogens is 270 g/mol. The third kappa shape index (κ3) is 4.03. The van der Waals surface area contributed by atoms with E-state index >= 15 is 0 Å². The number of hydrogen-bond acceptors (Lipinski definition) is 3. The van der Waals surface area contributed by atoms with E-state index in [1.807, 2.05) is 44.2 Å². The maximum Gasteiger partial charge on any atom is 0.319 e. The highest BCUT2D eigenvalue weighted by Gasteiger charge is 2.37. The molecule has 4 atom stereocenters. The maximum atomic E-state index is 12.4. The number of quaternary nitrogens is 1. The van der Waals surface area contributed by atoms with Crippen LogP contribution in [0.5, 0.6) is 0 Å². The van der Waals surface area contributed by atoms with E-state index in [0.717, 1.165) is 10.5 Å². The summed E-state index contributed by atoms with van der Waals surface area (Å²) in [4.78, 5) is 24.5. The Morgan fingerprint density at radius 2 is 1.81 bits per heavy atom. The molecule has 6 nitrogen and oxygen atoms in total. The number of nitrogens with one attached hydrogen (secondary N) is 2. The lowest BCUT2D eigenvalue weighted by molar-refractivity contribution is -0.936. The molecular formula is C15H22N3O3+. The average Bonchev–Trinajstić information content (AvgIpc) is 2.38. The Labute approximate surface area is 124 Å². The van der Waals surface area contributed by atoms with Gasteiger partial charge in [0.15, 0.2) is 6.04 Å².